The van der Waals surface area contributed by atoms with Gasteiger partial charge in [0.1, 0.15) is 5.75 Å². The van der Waals surface area contributed by atoms with Crippen LogP contribution in [0.25, 0.3) is 0 Å². The number of hydrogen-bond donors (Lipinski definition) is 1. The van der Waals surface area contributed by atoms with E-state index in [1.165, 1.54) is 0 Å². The van der Waals surface area contributed by atoms with E-state index in [4.69, 9.17) is 16.3 Å². The first-order chi connectivity index (χ1) is 11.2. The molecular formula is C18H20ClNO2S. The predicted octanol–water partition coefficient (Wildman–Crippen LogP) is 4.87. The van der Waals surface area contributed by atoms with E-state index in [1.807, 2.05) is 54.6 Å². The zero-order valence-electron chi connectivity index (χ0n) is 12.8. The second-order valence-corrected chi connectivity index (χ2v) is 6.59. The van der Waals surface area contributed by atoms with Crippen LogP contribution in [0, 0.1) is 0 Å². The summed E-state index contributed by atoms with van der Waals surface area (Å²) in [6.45, 7) is 0.671. The van der Waals surface area contributed by atoms with Crippen molar-refractivity contribution in [2.75, 3.05) is 23.4 Å². The summed E-state index contributed by atoms with van der Waals surface area (Å²) in [4.78, 5) is 11.8. The third-order valence-electron chi connectivity index (χ3n) is 3.05. The molecule has 2 aromatic carbocycles. The summed E-state index contributed by atoms with van der Waals surface area (Å²) in [6, 6.07) is 16.9. The zero-order chi connectivity index (χ0) is 16.3. The Morgan fingerprint density at radius 2 is 1.78 bits per heavy atom. The van der Waals surface area contributed by atoms with Crippen LogP contribution in [0.3, 0.4) is 0 Å². The van der Waals surface area contributed by atoms with Crippen molar-refractivity contribution in [3.05, 3.63) is 59.6 Å². The molecule has 0 aliphatic rings. The van der Waals surface area contributed by atoms with Gasteiger partial charge in [0.15, 0.2) is 0 Å². The molecule has 0 saturated carbocycles. The van der Waals surface area contributed by atoms with E-state index in [2.05, 4.69) is 5.32 Å². The van der Waals surface area contributed by atoms with Crippen LogP contribution in [0.2, 0.25) is 5.02 Å². The van der Waals surface area contributed by atoms with Crippen molar-refractivity contribution < 1.29 is 9.53 Å². The number of nitrogens with one attached hydrogen (secondary N) is 1. The first-order valence-electron chi connectivity index (χ1n) is 7.55. The monoisotopic (exact) mass is 349 g/mol. The summed E-state index contributed by atoms with van der Waals surface area (Å²) >= 11 is 7.58. The van der Waals surface area contributed by atoms with Crippen LogP contribution >= 0.6 is 23.4 Å². The molecular weight excluding hydrogens is 330 g/mol. The van der Waals surface area contributed by atoms with Crippen LogP contribution in [-0.4, -0.2) is 24.0 Å². The highest BCUT2D eigenvalue weighted by molar-refractivity contribution is 7.99. The first kappa shape index (κ1) is 17.7. The fourth-order valence-electron chi connectivity index (χ4n) is 1.89. The maximum Gasteiger partial charge on any atom is 0.225 e. The van der Waals surface area contributed by atoms with Gasteiger partial charge in [-0.3, -0.25) is 4.79 Å². The molecule has 0 atom stereocenters. The zero-order valence-corrected chi connectivity index (χ0v) is 14.4. The maximum absolute atomic E-state index is 11.8. The SMILES string of the molecule is O=C(CCSCCCOc1ccc(Cl)cc1)Nc1ccccc1. The molecule has 2 rings (SSSR count). The van der Waals surface area contributed by atoms with E-state index >= 15 is 0 Å². The van der Waals surface area contributed by atoms with Gasteiger partial charge in [-0.15, -0.1) is 0 Å². The van der Waals surface area contributed by atoms with Gasteiger partial charge in [-0.05, 0) is 48.6 Å². The van der Waals surface area contributed by atoms with Crippen molar-refractivity contribution in [3.8, 4) is 5.75 Å². The van der Waals surface area contributed by atoms with E-state index in [0.29, 0.717) is 18.1 Å². The van der Waals surface area contributed by atoms with Crippen molar-refractivity contribution >= 4 is 35.0 Å². The topological polar surface area (TPSA) is 38.3 Å². The Bertz CT molecular complexity index is 590. The molecule has 5 heteroatoms. The fourth-order valence-corrected chi connectivity index (χ4v) is 2.88. The smallest absolute Gasteiger partial charge is 0.225 e. The third kappa shape index (κ3) is 7.44. The summed E-state index contributed by atoms with van der Waals surface area (Å²) in [6.07, 6.45) is 1.48. The number of ether oxygens (including phenoxy) is 1. The number of halogens is 1. The number of anilines is 1. The molecule has 0 heterocycles. The van der Waals surface area contributed by atoms with Gasteiger partial charge in [0.25, 0.3) is 0 Å². The molecule has 3 nitrogen and oxygen atoms in total. The lowest BCUT2D eigenvalue weighted by molar-refractivity contribution is -0.115. The van der Waals surface area contributed by atoms with Crippen LogP contribution in [0.5, 0.6) is 5.75 Å². The highest BCUT2D eigenvalue weighted by atomic mass is 35.5. The number of carbonyl (C=O) groups is 1. The van der Waals surface area contributed by atoms with Crippen molar-refractivity contribution in [1.29, 1.82) is 0 Å². The number of para-hydroxylation sites is 1. The molecule has 0 saturated heterocycles. The first-order valence-corrected chi connectivity index (χ1v) is 9.08. The largest absolute Gasteiger partial charge is 0.494 e. The predicted molar refractivity (Wildman–Crippen MR) is 98.6 cm³/mol. The number of amides is 1. The molecule has 1 N–H and O–H groups in total. The lowest BCUT2D eigenvalue weighted by Gasteiger charge is -2.06. The molecule has 0 radical (unpaired) electrons. The van der Waals surface area contributed by atoms with Gasteiger partial charge in [0.05, 0.1) is 6.61 Å². The molecule has 0 bridgehead atoms. The second kappa shape index (κ2) is 10.2. The number of thioether (sulfide) groups is 1. The summed E-state index contributed by atoms with van der Waals surface area (Å²) in [5, 5.41) is 3.59. The van der Waals surface area contributed by atoms with Crippen LogP contribution < -0.4 is 10.1 Å². The normalized spacial score (nSPS) is 10.3. The van der Waals surface area contributed by atoms with Crippen LogP contribution in [0.15, 0.2) is 54.6 Å². The molecule has 0 aromatic heterocycles. The molecule has 0 fully saturated rings. The number of benzene rings is 2. The van der Waals surface area contributed by atoms with Crippen LogP contribution in [-0.2, 0) is 4.79 Å². The molecule has 0 aliphatic carbocycles. The summed E-state index contributed by atoms with van der Waals surface area (Å²) < 4.78 is 5.62. The highest BCUT2D eigenvalue weighted by Gasteiger charge is 2.02. The van der Waals surface area contributed by atoms with Crippen molar-refractivity contribution in [1.82, 2.24) is 0 Å². The Kier molecular flexibility index (Phi) is 7.84. The van der Waals surface area contributed by atoms with E-state index in [1.54, 1.807) is 11.8 Å². The Morgan fingerprint density at radius 1 is 1.04 bits per heavy atom. The third-order valence-corrected chi connectivity index (χ3v) is 4.37. The summed E-state index contributed by atoms with van der Waals surface area (Å²) in [5.74, 6) is 2.69. The fraction of sp³-hybridized carbons (Fsp3) is 0.278. The second-order valence-electron chi connectivity index (χ2n) is 4.93. The van der Waals surface area contributed by atoms with Gasteiger partial charge < -0.3 is 10.1 Å². The molecule has 2 aromatic rings. The van der Waals surface area contributed by atoms with Gasteiger partial charge in [-0.1, -0.05) is 29.8 Å². The molecule has 0 aliphatic heterocycles. The minimum atomic E-state index is 0.0566. The lowest BCUT2D eigenvalue weighted by atomic mass is 10.3. The molecule has 0 unspecified atom stereocenters. The minimum Gasteiger partial charge on any atom is -0.494 e. The number of carbonyl (C=O) groups excluding carboxylic acids is 1. The Morgan fingerprint density at radius 3 is 2.52 bits per heavy atom. The van der Waals surface area contributed by atoms with Crippen molar-refractivity contribution in [2.24, 2.45) is 0 Å². The highest BCUT2D eigenvalue weighted by Crippen LogP contribution is 2.16. The van der Waals surface area contributed by atoms with Gasteiger partial charge in [-0.2, -0.15) is 11.8 Å². The van der Waals surface area contributed by atoms with Gasteiger partial charge in [-0.25, -0.2) is 0 Å². The maximum atomic E-state index is 11.8. The Hall–Kier alpha value is -1.65. The minimum absolute atomic E-state index is 0.0566. The van der Waals surface area contributed by atoms with Gasteiger partial charge in [0, 0.05) is 22.9 Å². The molecule has 23 heavy (non-hydrogen) atoms. The van der Waals surface area contributed by atoms with Crippen LogP contribution in [0.4, 0.5) is 5.69 Å². The van der Waals surface area contributed by atoms with E-state index in [-0.39, 0.29) is 5.91 Å². The molecule has 0 spiro atoms. The molecule has 1 amide bonds. The van der Waals surface area contributed by atoms with Crippen molar-refractivity contribution in [3.63, 3.8) is 0 Å². The van der Waals surface area contributed by atoms with Crippen molar-refractivity contribution in [2.45, 2.75) is 12.8 Å². The number of hydrogen-bond acceptors (Lipinski definition) is 3. The Labute approximate surface area is 146 Å². The number of rotatable bonds is 9. The average Bonchev–Trinajstić information content (AvgIpc) is 2.56. The Balaban J connectivity index is 1.49. The molecule has 122 valence electrons. The van der Waals surface area contributed by atoms with E-state index < -0.39 is 0 Å². The van der Waals surface area contributed by atoms with E-state index in [0.717, 1.165) is 29.4 Å². The standard InChI is InChI=1S/C18H20ClNO2S/c19-15-7-9-17(10-8-15)22-12-4-13-23-14-11-18(21)20-16-5-2-1-3-6-16/h1-3,5-10H,4,11-14H2,(H,20,21). The van der Waals surface area contributed by atoms with Crippen LogP contribution in [0.1, 0.15) is 12.8 Å². The van der Waals surface area contributed by atoms with E-state index in [9.17, 15) is 4.79 Å². The summed E-state index contributed by atoms with van der Waals surface area (Å²) in [7, 11) is 0. The lowest BCUT2D eigenvalue weighted by Crippen LogP contribution is -2.12. The van der Waals surface area contributed by atoms with Gasteiger partial charge >= 0.3 is 0 Å². The summed E-state index contributed by atoms with van der Waals surface area (Å²) in [5.41, 5.74) is 0.846. The van der Waals surface area contributed by atoms with Gasteiger partial charge in [0.2, 0.25) is 5.91 Å². The quantitative estimate of drug-likeness (QED) is 0.656. The average molecular weight is 350 g/mol.